The SMILES string of the molecule is C=CC(C)NS(=O)(=O)c1ccc(CC(=O)O)s1. The molecular formula is C10H13NO4S2. The van der Waals surface area contributed by atoms with Crippen LogP contribution in [0.15, 0.2) is 29.0 Å². The summed E-state index contributed by atoms with van der Waals surface area (Å²) in [6.07, 6.45) is 1.31. The van der Waals surface area contributed by atoms with Gasteiger partial charge in [-0.3, -0.25) is 4.79 Å². The minimum Gasteiger partial charge on any atom is -0.481 e. The fourth-order valence-corrected chi connectivity index (χ4v) is 3.68. The zero-order chi connectivity index (χ0) is 13.1. The van der Waals surface area contributed by atoms with Crippen molar-refractivity contribution in [2.24, 2.45) is 0 Å². The third kappa shape index (κ3) is 3.95. The molecule has 0 aliphatic rings. The quantitative estimate of drug-likeness (QED) is 0.765. The van der Waals surface area contributed by atoms with Crippen molar-refractivity contribution in [3.8, 4) is 0 Å². The van der Waals surface area contributed by atoms with Gasteiger partial charge in [0.25, 0.3) is 10.0 Å². The van der Waals surface area contributed by atoms with Crippen LogP contribution in [0, 0.1) is 0 Å². The van der Waals surface area contributed by atoms with E-state index in [1.165, 1.54) is 18.2 Å². The van der Waals surface area contributed by atoms with Crippen LogP contribution < -0.4 is 4.72 Å². The average molecular weight is 275 g/mol. The number of hydrogen-bond donors (Lipinski definition) is 2. The molecule has 0 fully saturated rings. The van der Waals surface area contributed by atoms with Gasteiger partial charge in [0, 0.05) is 10.9 Å². The Morgan fingerprint density at radius 1 is 1.65 bits per heavy atom. The highest BCUT2D eigenvalue weighted by Crippen LogP contribution is 2.22. The van der Waals surface area contributed by atoms with E-state index in [9.17, 15) is 13.2 Å². The Labute approximate surface area is 104 Å². The largest absolute Gasteiger partial charge is 0.481 e. The predicted molar refractivity (Wildman–Crippen MR) is 65.6 cm³/mol. The molecule has 0 aliphatic heterocycles. The lowest BCUT2D eigenvalue weighted by molar-refractivity contribution is -0.136. The zero-order valence-corrected chi connectivity index (χ0v) is 10.8. The molecule has 1 unspecified atom stereocenters. The Hall–Kier alpha value is -1.18. The van der Waals surface area contributed by atoms with E-state index in [4.69, 9.17) is 5.11 Å². The molecule has 17 heavy (non-hydrogen) atoms. The third-order valence-electron chi connectivity index (χ3n) is 1.92. The molecule has 1 aromatic heterocycles. The summed E-state index contributed by atoms with van der Waals surface area (Å²) >= 11 is 0.955. The molecule has 7 heteroatoms. The van der Waals surface area contributed by atoms with Crippen LogP contribution in [0.5, 0.6) is 0 Å². The molecule has 0 saturated heterocycles. The van der Waals surface area contributed by atoms with Gasteiger partial charge in [-0.2, -0.15) is 0 Å². The fraction of sp³-hybridized carbons (Fsp3) is 0.300. The van der Waals surface area contributed by atoms with Gasteiger partial charge in [-0.05, 0) is 19.1 Å². The highest BCUT2D eigenvalue weighted by Gasteiger charge is 2.18. The Morgan fingerprint density at radius 2 is 2.29 bits per heavy atom. The summed E-state index contributed by atoms with van der Waals surface area (Å²) in [6, 6.07) is 2.54. The van der Waals surface area contributed by atoms with Gasteiger partial charge in [0.1, 0.15) is 4.21 Å². The van der Waals surface area contributed by atoms with Gasteiger partial charge in [0.05, 0.1) is 6.42 Å². The van der Waals surface area contributed by atoms with Gasteiger partial charge in [0.2, 0.25) is 0 Å². The van der Waals surface area contributed by atoms with E-state index >= 15 is 0 Å². The van der Waals surface area contributed by atoms with Crippen molar-refractivity contribution in [3.63, 3.8) is 0 Å². The van der Waals surface area contributed by atoms with Crippen molar-refractivity contribution in [2.45, 2.75) is 23.6 Å². The number of aliphatic carboxylic acids is 1. The summed E-state index contributed by atoms with van der Waals surface area (Å²) in [4.78, 5) is 11.0. The molecule has 1 heterocycles. The van der Waals surface area contributed by atoms with Gasteiger partial charge in [-0.15, -0.1) is 17.9 Å². The molecule has 0 radical (unpaired) electrons. The molecule has 0 saturated carbocycles. The van der Waals surface area contributed by atoms with Gasteiger partial charge in [0.15, 0.2) is 0 Å². The first-order valence-electron chi connectivity index (χ1n) is 4.80. The molecule has 1 rings (SSSR count). The molecule has 0 aliphatic carbocycles. The van der Waals surface area contributed by atoms with Gasteiger partial charge < -0.3 is 5.11 Å². The maximum atomic E-state index is 11.8. The van der Waals surface area contributed by atoms with E-state index < -0.39 is 16.0 Å². The van der Waals surface area contributed by atoms with Crippen molar-refractivity contribution in [3.05, 3.63) is 29.7 Å². The van der Waals surface area contributed by atoms with Gasteiger partial charge >= 0.3 is 5.97 Å². The Kier molecular flexibility index (Phi) is 4.44. The van der Waals surface area contributed by atoms with Crippen LogP contribution in [0.3, 0.4) is 0 Å². The Morgan fingerprint density at radius 3 is 2.82 bits per heavy atom. The zero-order valence-electron chi connectivity index (χ0n) is 9.21. The highest BCUT2D eigenvalue weighted by atomic mass is 32.2. The molecule has 0 aromatic carbocycles. The molecule has 5 nitrogen and oxygen atoms in total. The predicted octanol–water partition coefficient (Wildman–Crippen LogP) is 1.23. The minimum atomic E-state index is -3.58. The second kappa shape index (κ2) is 5.44. The van der Waals surface area contributed by atoms with Crippen LogP contribution in [0.25, 0.3) is 0 Å². The van der Waals surface area contributed by atoms with E-state index in [0.29, 0.717) is 4.88 Å². The summed E-state index contributed by atoms with van der Waals surface area (Å²) in [5.74, 6) is -0.983. The molecule has 0 amide bonds. The minimum absolute atomic E-state index is 0.113. The number of hydrogen-bond acceptors (Lipinski definition) is 4. The highest BCUT2D eigenvalue weighted by molar-refractivity contribution is 7.91. The summed E-state index contributed by atoms with van der Waals surface area (Å²) < 4.78 is 26.1. The van der Waals surface area contributed by atoms with E-state index in [1.54, 1.807) is 6.92 Å². The van der Waals surface area contributed by atoms with Crippen molar-refractivity contribution in [1.29, 1.82) is 0 Å². The molecule has 2 N–H and O–H groups in total. The first kappa shape index (κ1) is 13.9. The van der Waals surface area contributed by atoms with E-state index in [2.05, 4.69) is 11.3 Å². The monoisotopic (exact) mass is 275 g/mol. The van der Waals surface area contributed by atoms with Gasteiger partial charge in [-0.1, -0.05) is 6.08 Å². The van der Waals surface area contributed by atoms with Gasteiger partial charge in [-0.25, -0.2) is 13.1 Å². The molecule has 0 spiro atoms. The molecule has 94 valence electrons. The van der Waals surface area contributed by atoms with Crippen LogP contribution in [-0.2, 0) is 21.2 Å². The van der Waals surface area contributed by atoms with Crippen LogP contribution >= 0.6 is 11.3 Å². The van der Waals surface area contributed by atoms with Crippen molar-refractivity contribution < 1.29 is 18.3 Å². The lowest BCUT2D eigenvalue weighted by Gasteiger charge is -2.07. The van der Waals surface area contributed by atoms with Crippen molar-refractivity contribution in [1.82, 2.24) is 4.72 Å². The summed E-state index contributed by atoms with van der Waals surface area (Å²) in [5.41, 5.74) is 0. The second-order valence-electron chi connectivity index (χ2n) is 3.44. The molecule has 1 aromatic rings. The number of carboxylic acids is 1. The maximum absolute atomic E-state index is 11.8. The Bertz CT molecular complexity index is 518. The van der Waals surface area contributed by atoms with E-state index in [-0.39, 0.29) is 16.7 Å². The summed E-state index contributed by atoms with van der Waals surface area (Å²) in [7, 11) is -3.58. The fourth-order valence-electron chi connectivity index (χ4n) is 1.10. The lowest BCUT2D eigenvalue weighted by atomic mass is 10.3. The Balaban J connectivity index is 2.88. The van der Waals surface area contributed by atoms with E-state index in [1.807, 2.05) is 0 Å². The number of rotatable bonds is 6. The molecular weight excluding hydrogens is 262 g/mol. The van der Waals surface area contributed by atoms with Crippen LogP contribution in [0.4, 0.5) is 0 Å². The molecule has 1 atom stereocenters. The van der Waals surface area contributed by atoms with Crippen LogP contribution in [-0.4, -0.2) is 25.5 Å². The maximum Gasteiger partial charge on any atom is 0.308 e. The first-order chi connectivity index (χ1) is 7.85. The normalized spacial score (nSPS) is 13.2. The topological polar surface area (TPSA) is 83.5 Å². The summed E-state index contributed by atoms with van der Waals surface area (Å²) in [6.45, 7) is 5.14. The second-order valence-corrected chi connectivity index (χ2v) is 6.55. The number of carboxylic acid groups (broad SMARTS) is 1. The van der Waals surface area contributed by atoms with Crippen LogP contribution in [0.2, 0.25) is 0 Å². The summed E-state index contributed by atoms with van der Waals surface area (Å²) in [5, 5.41) is 8.59. The van der Waals surface area contributed by atoms with Crippen LogP contribution in [0.1, 0.15) is 11.8 Å². The smallest absolute Gasteiger partial charge is 0.308 e. The number of sulfonamides is 1. The third-order valence-corrected chi connectivity index (χ3v) is 5.06. The average Bonchev–Trinajstić information content (AvgIpc) is 2.65. The van der Waals surface area contributed by atoms with Crippen molar-refractivity contribution >= 4 is 27.3 Å². The lowest BCUT2D eigenvalue weighted by Crippen LogP contribution is -2.30. The first-order valence-corrected chi connectivity index (χ1v) is 7.10. The van der Waals surface area contributed by atoms with E-state index in [0.717, 1.165) is 11.3 Å². The number of nitrogens with one attached hydrogen (secondary N) is 1. The number of thiophene rings is 1. The standard InChI is InChI=1S/C10H13NO4S2/c1-3-7(2)11-17(14,15)10-5-4-8(16-10)6-9(12)13/h3-5,7,11H,1,6H2,2H3,(H,12,13). The van der Waals surface area contributed by atoms with Crippen molar-refractivity contribution in [2.75, 3.05) is 0 Å². The number of carbonyl (C=O) groups is 1. The molecule has 0 bridgehead atoms.